The van der Waals surface area contributed by atoms with Crippen molar-refractivity contribution >= 4 is 23.0 Å². The zero-order valence-corrected chi connectivity index (χ0v) is 3.82. The molecule has 0 spiro atoms. The molecule has 0 radical (unpaired) electrons. The molecule has 0 N–H and O–H groups in total. The third-order valence-electron chi connectivity index (χ3n) is 0.408. The molecule has 0 aromatic carbocycles. The van der Waals surface area contributed by atoms with Gasteiger partial charge in [0.1, 0.15) is 7.17 Å². The van der Waals surface area contributed by atoms with Gasteiger partial charge in [0.05, 0.1) is 7.74 Å². The third kappa shape index (κ3) is 4.15. The molecule has 5 heavy (non-hydrogen) atoms. The fourth-order valence-electron chi connectivity index (χ4n) is 0.204. The van der Waals surface area contributed by atoms with Crippen LogP contribution >= 0.6 is 0 Å². The highest BCUT2D eigenvalue weighted by Crippen LogP contribution is 1.50. The van der Waals surface area contributed by atoms with Gasteiger partial charge in [-0.25, -0.2) is 0 Å². The van der Waals surface area contributed by atoms with Crippen molar-refractivity contribution in [1.29, 1.82) is 0 Å². The van der Waals surface area contributed by atoms with Crippen LogP contribution in [-0.2, 0) is 4.65 Å². The van der Waals surface area contributed by atoms with Crippen LogP contribution in [0.2, 0.25) is 0 Å². The smallest absolute Gasteiger partial charge is 0.256 e. The van der Waals surface area contributed by atoms with Crippen LogP contribution in [0.25, 0.3) is 0 Å². The van der Waals surface area contributed by atoms with E-state index in [0.29, 0.717) is 0 Å². The maximum Gasteiger partial charge on any atom is 0.256 e. The Balaban J connectivity index is 2.19. The van der Waals surface area contributed by atoms with Crippen LogP contribution in [0.15, 0.2) is 0 Å². The Kier molecular flexibility index (Phi) is 4.28. The van der Waals surface area contributed by atoms with E-state index < -0.39 is 0 Å². The Bertz CT molecular complexity index is 14.4. The van der Waals surface area contributed by atoms with E-state index in [1.807, 2.05) is 0 Å². The van der Waals surface area contributed by atoms with Gasteiger partial charge >= 0.3 is 0 Å². The normalized spacial score (nSPS) is 7.20. The minimum atomic E-state index is 0.889. The Morgan fingerprint density at radius 3 is 2.40 bits per heavy atom. The highest BCUT2D eigenvalue weighted by atomic mass is 16.4. The molecule has 0 heterocycles. The van der Waals surface area contributed by atoms with Crippen molar-refractivity contribution in [2.24, 2.45) is 0 Å². The second-order valence-corrected chi connectivity index (χ2v) is 0.993. The van der Waals surface area contributed by atoms with Gasteiger partial charge in [-0.2, -0.15) is 0 Å². The topological polar surface area (TPSA) is 9.23 Å². The quantitative estimate of drug-likeness (QED) is 0.324. The molecule has 0 fully saturated rings. The van der Waals surface area contributed by atoms with Crippen LogP contribution in [0.3, 0.4) is 0 Å². The van der Waals surface area contributed by atoms with E-state index in [1.54, 1.807) is 8.05 Å². The molecule has 0 saturated heterocycles. The van der Waals surface area contributed by atoms with E-state index in [9.17, 15) is 0 Å². The molecule has 1 nitrogen and oxygen atoms in total. The largest absolute Gasteiger partial charge is 0.452 e. The molecule has 0 aliphatic carbocycles. The fourth-order valence-corrected chi connectivity index (χ4v) is 0.204. The van der Waals surface area contributed by atoms with Crippen molar-refractivity contribution < 1.29 is 4.65 Å². The third-order valence-corrected chi connectivity index (χ3v) is 0.408. The zero-order valence-electron chi connectivity index (χ0n) is 3.82. The Morgan fingerprint density at radius 1 is 1.80 bits per heavy atom. The summed E-state index contributed by atoms with van der Waals surface area (Å²) in [7, 11) is 4.92. The number of rotatable bonds is 2. The van der Waals surface area contributed by atoms with E-state index in [4.69, 9.17) is 4.65 Å². The summed E-state index contributed by atoms with van der Waals surface area (Å²) in [6.07, 6.45) is 0. The first-order chi connectivity index (χ1) is 2.41. The standard InChI is InChI=1S/CH7B3O/c2-4-1-5-3/h4H,1-3H2. The van der Waals surface area contributed by atoms with Crippen molar-refractivity contribution in [2.45, 2.75) is 0 Å². The summed E-state index contributed by atoms with van der Waals surface area (Å²) in [6.45, 7) is 0.889. The van der Waals surface area contributed by atoms with Gasteiger partial charge in [0.25, 0.3) is 8.05 Å². The lowest BCUT2D eigenvalue weighted by Crippen LogP contribution is -1.99. The van der Waals surface area contributed by atoms with Crippen LogP contribution in [0.5, 0.6) is 0 Å². The van der Waals surface area contributed by atoms with Crippen LogP contribution in [0.4, 0.5) is 0 Å². The molecule has 0 saturated carbocycles. The van der Waals surface area contributed by atoms with Gasteiger partial charge in [-0.15, -0.1) is 0 Å². The molecule has 0 bridgehead atoms. The van der Waals surface area contributed by atoms with Gasteiger partial charge in [0.15, 0.2) is 0 Å². The molecule has 26 valence electrons. The monoisotopic (exact) mass is 68.1 g/mol. The van der Waals surface area contributed by atoms with Crippen molar-refractivity contribution in [3.8, 4) is 0 Å². The van der Waals surface area contributed by atoms with E-state index in [2.05, 4.69) is 7.74 Å². The van der Waals surface area contributed by atoms with Gasteiger partial charge in [0.2, 0.25) is 0 Å². The summed E-state index contributed by atoms with van der Waals surface area (Å²) in [5, 5.41) is 0. The summed E-state index contributed by atoms with van der Waals surface area (Å²) in [5.41, 5.74) is 0. The molecule has 0 atom stereocenters. The molecule has 0 rings (SSSR count). The average molecular weight is 67.5 g/mol. The summed E-state index contributed by atoms with van der Waals surface area (Å²) in [6, 6.07) is 0. The maximum absolute atomic E-state index is 4.69. The predicted octanol–water partition coefficient (Wildman–Crippen LogP) is -2.51. The lowest BCUT2D eigenvalue weighted by atomic mass is 9.57. The lowest BCUT2D eigenvalue weighted by molar-refractivity contribution is 0.428. The zero-order chi connectivity index (χ0) is 4.12. The van der Waals surface area contributed by atoms with Gasteiger partial charge < -0.3 is 4.65 Å². The predicted molar refractivity (Wildman–Crippen MR) is 30.2 cm³/mol. The lowest BCUT2D eigenvalue weighted by Gasteiger charge is -1.83. The van der Waals surface area contributed by atoms with Crippen LogP contribution in [0, 0.1) is 0 Å². The van der Waals surface area contributed by atoms with Gasteiger partial charge in [0, 0.05) is 0 Å². The maximum atomic E-state index is 4.69. The van der Waals surface area contributed by atoms with Gasteiger partial charge in [-0.1, -0.05) is 0 Å². The van der Waals surface area contributed by atoms with Crippen LogP contribution in [-0.4, -0.2) is 29.5 Å². The molecule has 0 aromatic heterocycles. The van der Waals surface area contributed by atoms with Crippen LogP contribution < -0.4 is 0 Å². The minimum absolute atomic E-state index is 0.889. The second-order valence-electron chi connectivity index (χ2n) is 0.993. The fraction of sp³-hybridized carbons (Fsp3) is 1.00. The first kappa shape index (κ1) is 5.15. The molecule has 4 heteroatoms. The molecule has 0 aliphatic rings. The second kappa shape index (κ2) is 4.15. The van der Waals surface area contributed by atoms with Crippen molar-refractivity contribution in [2.75, 3.05) is 6.51 Å². The summed E-state index contributed by atoms with van der Waals surface area (Å²) in [4.78, 5) is 0. The van der Waals surface area contributed by atoms with Crippen molar-refractivity contribution in [3.05, 3.63) is 0 Å². The molecule has 0 aliphatic heterocycles. The van der Waals surface area contributed by atoms with Crippen molar-refractivity contribution in [1.82, 2.24) is 0 Å². The van der Waals surface area contributed by atoms with E-state index in [1.165, 1.54) is 0 Å². The number of hydrogen-bond donors (Lipinski definition) is 0. The van der Waals surface area contributed by atoms with E-state index >= 15 is 0 Å². The minimum Gasteiger partial charge on any atom is -0.452 e. The highest BCUT2D eigenvalue weighted by Gasteiger charge is 1.70. The SMILES string of the molecule is BBCOB. The van der Waals surface area contributed by atoms with Gasteiger partial charge in [-0.05, 0) is 6.51 Å². The van der Waals surface area contributed by atoms with Gasteiger partial charge in [-0.3, -0.25) is 0 Å². The Morgan fingerprint density at radius 2 is 2.40 bits per heavy atom. The summed E-state index contributed by atoms with van der Waals surface area (Å²) >= 11 is 0. The molecule has 0 aromatic rings. The summed E-state index contributed by atoms with van der Waals surface area (Å²) < 4.78 is 4.69. The van der Waals surface area contributed by atoms with E-state index in [-0.39, 0.29) is 0 Å². The van der Waals surface area contributed by atoms with Crippen molar-refractivity contribution in [3.63, 3.8) is 0 Å². The molecule has 0 amide bonds. The first-order valence-corrected chi connectivity index (χ1v) is 1.90. The summed E-state index contributed by atoms with van der Waals surface area (Å²) in [5.74, 6) is 0. The molecular formula is CH7B3O. The highest BCUT2D eigenvalue weighted by molar-refractivity contribution is 6.89. The van der Waals surface area contributed by atoms with E-state index in [0.717, 1.165) is 13.7 Å². The average Bonchev–Trinajstić information content (AvgIpc) is 1.41. The molecular weight excluding hydrogens is 60.4 g/mol. The number of hydrogen-bond acceptors (Lipinski definition) is 1. The Hall–Kier alpha value is 0.155. The molecule has 0 unspecified atom stereocenters. The first-order valence-electron chi connectivity index (χ1n) is 1.90. The van der Waals surface area contributed by atoms with Crippen LogP contribution in [0.1, 0.15) is 0 Å². The Labute approximate surface area is 35.2 Å².